The number of amides is 1. The third kappa shape index (κ3) is 3.20. The van der Waals surface area contributed by atoms with Crippen molar-refractivity contribution in [3.05, 3.63) is 54.1 Å². The Morgan fingerprint density at radius 2 is 1.92 bits per heavy atom. The number of carbonyl (C=O) groups excluding carboxylic acids is 1. The number of rotatable bonds is 4. The highest BCUT2D eigenvalue weighted by atomic mass is 16.1. The van der Waals surface area contributed by atoms with Crippen molar-refractivity contribution in [1.29, 1.82) is 0 Å². The molecule has 0 saturated heterocycles. The SMILES string of the molecule is CC(=O)Nc1ccc(C=NNc2nnc3c(n2)[nH]c2ccccc23)cc1. The van der Waals surface area contributed by atoms with Gasteiger partial charge in [0.2, 0.25) is 5.91 Å². The minimum atomic E-state index is -0.106. The topological polar surface area (TPSA) is 108 Å². The van der Waals surface area contributed by atoms with Gasteiger partial charge in [0.05, 0.1) is 6.21 Å². The molecule has 2 aromatic heterocycles. The number of hydrogen-bond acceptors (Lipinski definition) is 6. The van der Waals surface area contributed by atoms with Gasteiger partial charge in [-0.15, -0.1) is 10.2 Å². The smallest absolute Gasteiger partial charge is 0.265 e. The molecule has 0 unspecified atom stereocenters. The van der Waals surface area contributed by atoms with Gasteiger partial charge in [0.15, 0.2) is 5.65 Å². The standard InChI is InChI=1S/C18H15N7O/c1-11(26)20-13-8-6-12(7-9-13)10-19-24-18-22-17-16(23-25-18)14-4-2-3-5-15(14)21-17/h2-10H,1H3,(H,20,26)(H2,21,22,24,25). The fourth-order valence-electron chi connectivity index (χ4n) is 2.59. The van der Waals surface area contributed by atoms with Gasteiger partial charge in [-0.25, -0.2) is 5.43 Å². The van der Waals surface area contributed by atoms with Crippen LogP contribution < -0.4 is 10.7 Å². The van der Waals surface area contributed by atoms with Crippen LogP contribution in [0.1, 0.15) is 12.5 Å². The lowest BCUT2D eigenvalue weighted by atomic mass is 10.2. The maximum absolute atomic E-state index is 11.0. The summed E-state index contributed by atoms with van der Waals surface area (Å²) in [6.07, 6.45) is 1.64. The number of fused-ring (bicyclic) bond motifs is 3. The number of nitrogens with one attached hydrogen (secondary N) is 3. The van der Waals surface area contributed by atoms with Crippen LogP contribution in [0.2, 0.25) is 0 Å². The Balaban J connectivity index is 1.49. The zero-order valence-corrected chi connectivity index (χ0v) is 13.9. The van der Waals surface area contributed by atoms with Crippen LogP contribution in [0.3, 0.4) is 0 Å². The minimum Gasteiger partial charge on any atom is -0.338 e. The number of H-pyrrole nitrogens is 1. The van der Waals surface area contributed by atoms with Crippen molar-refractivity contribution < 1.29 is 4.79 Å². The van der Waals surface area contributed by atoms with Gasteiger partial charge >= 0.3 is 0 Å². The number of aromatic amines is 1. The zero-order valence-electron chi connectivity index (χ0n) is 13.9. The van der Waals surface area contributed by atoms with E-state index in [1.54, 1.807) is 18.3 Å². The average Bonchev–Trinajstić information content (AvgIpc) is 3.00. The Bertz CT molecular complexity index is 1120. The van der Waals surface area contributed by atoms with Crippen molar-refractivity contribution in [2.45, 2.75) is 6.92 Å². The van der Waals surface area contributed by atoms with Crippen LogP contribution in [-0.2, 0) is 4.79 Å². The summed E-state index contributed by atoms with van der Waals surface area (Å²) in [5.74, 6) is 0.195. The lowest BCUT2D eigenvalue weighted by Gasteiger charge is -2.01. The van der Waals surface area contributed by atoms with Gasteiger partial charge in [0, 0.05) is 23.5 Å². The molecule has 0 aliphatic carbocycles. The molecule has 2 aromatic carbocycles. The molecule has 128 valence electrons. The quantitative estimate of drug-likeness (QED) is 0.389. The van der Waals surface area contributed by atoms with E-state index in [-0.39, 0.29) is 5.91 Å². The highest BCUT2D eigenvalue weighted by Gasteiger charge is 2.07. The van der Waals surface area contributed by atoms with Gasteiger partial charge in [-0.1, -0.05) is 30.3 Å². The second-order valence-electron chi connectivity index (χ2n) is 5.68. The first-order chi connectivity index (χ1) is 12.7. The maximum Gasteiger partial charge on any atom is 0.265 e. The molecule has 0 spiro atoms. The summed E-state index contributed by atoms with van der Waals surface area (Å²) in [6.45, 7) is 1.47. The van der Waals surface area contributed by atoms with Crippen molar-refractivity contribution >= 4 is 45.8 Å². The lowest BCUT2D eigenvalue weighted by Crippen LogP contribution is -2.05. The van der Waals surface area contributed by atoms with Crippen LogP contribution in [0.15, 0.2) is 53.6 Å². The Morgan fingerprint density at radius 1 is 1.12 bits per heavy atom. The van der Waals surface area contributed by atoms with Crippen LogP contribution >= 0.6 is 0 Å². The van der Waals surface area contributed by atoms with Crippen molar-refractivity contribution in [3.8, 4) is 0 Å². The largest absolute Gasteiger partial charge is 0.338 e. The molecular formula is C18H15N7O. The highest BCUT2D eigenvalue weighted by molar-refractivity contribution is 6.03. The Kier molecular flexibility index (Phi) is 3.98. The molecule has 0 fully saturated rings. The van der Waals surface area contributed by atoms with Crippen molar-refractivity contribution in [2.24, 2.45) is 5.10 Å². The third-order valence-electron chi connectivity index (χ3n) is 3.73. The van der Waals surface area contributed by atoms with E-state index in [4.69, 9.17) is 0 Å². The van der Waals surface area contributed by atoms with Gasteiger partial charge in [0.25, 0.3) is 5.95 Å². The van der Waals surface area contributed by atoms with E-state index in [9.17, 15) is 4.79 Å². The zero-order chi connectivity index (χ0) is 17.9. The van der Waals surface area contributed by atoms with E-state index < -0.39 is 0 Å². The summed E-state index contributed by atoms with van der Waals surface area (Å²) in [5, 5.41) is 16.1. The van der Waals surface area contributed by atoms with E-state index in [1.165, 1.54) is 6.92 Å². The number of para-hydroxylation sites is 1. The van der Waals surface area contributed by atoms with Crippen LogP contribution in [-0.4, -0.2) is 32.3 Å². The molecule has 0 saturated carbocycles. The molecule has 26 heavy (non-hydrogen) atoms. The predicted molar refractivity (Wildman–Crippen MR) is 101 cm³/mol. The van der Waals surface area contributed by atoms with Gasteiger partial charge < -0.3 is 10.3 Å². The van der Waals surface area contributed by atoms with E-state index in [0.717, 1.165) is 27.7 Å². The number of hydrogen-bond donors (Lipinski definition) is 3. The van der Waals surface area contributed by atoms with Crippen LogP contribution in [0.4, 0.5) is 11.6 Å². The monoisotopic (exact) mass is 345 g/mol. The third-order valence-corrected chi connectivity index (χ3v) is 3.73. The van der Waals surface area contributed by atoms with Gasteiger partial charge in [-0.3, -0.25) is 4.79 Å². The summed E-state index contributed by atoms with van der Waals surface area (Å²) in [5.41, 5.74) is 6.71. The summed E-state index contributed by atoms with van der Waals surface area (Å²) in [6, 6.07) is 15.1. The van der Waals surface area contributed by atoms with E-state index in [0.29, 0.717) is 11.6 Å². The highest BCUT2D eigenvalue weighted by Crippen LogP contribution is 2.21. The molecule has 0 atom stereocenters. The first-order valence-corrected chi connectivity index (χ1v) is 7.97. The molecule has 0 bridgehead atoms. The average molecular weight is 345 g/mol. The molecule has 8 nitrogen and oxygen atoms in total. The molecule has 0 radical (unpaired) electrons. The predicted octanol–water partition coefficient (Wildman–Crippen LogP) is 2.91. The number of aromatic nitrogens is 4. The second kappa shape index (κ2) is 6.60. The van der Waals surface area contributed by atoms with E-state index in [2.05, 4.69) is 36.0 Å². The molecule has 4 aromatic rings. The first-order valence-electron chi connectivity index (χ1n) is 7.97. The Hall–Kier alpha value is -3.81. The molecule has 0 aliphatic heterocycles. The molecule has 8 heteroatoms. The summed E-state index contributed by atoms with van der Waals surface area (Å²) < 4.78 is 0. The van der Waals surface area contributed by atoms with Crippen molar-refractivity contribution in [1.82, 2.24) is 20.2 Å². The van der Waals surface area contributed by atoms with Gasteiger partial charge in [0.1, 0.15) is 5.52 Å². The van der Waals surface area contributed by atoms with Crippen LogP contribution in [0.5, 0.6) is 0 Å². The summed E-state index contributed by atoms with van der Waals surface area (Å²) >= 11 is 0. The minimum absolute atomic E-state index is 0.106. The fraction of sp³-hybridized carbons (Fsp3) is 0.0556. The Labute approximate surface area is 148 Å². The second-order valence-corrected chi connectivity index (χ2v) is 5.68. The van der Waals surface area contributed by atoms with Crippen LogP contribution in [0.25, 0.3) is 22.1 Å². The van der Waals surface area contributed by atoms with Gasteiger partial charge in [-0.05, 0) is 23.8 Å². The molecule has 4 rings (SSSR count). The van der Waals surface area contributed by atoms with Gasteiger partial charge in [-0.2, -0.15) is 10.1 Å². The molecule has 2 heterocycles. The molecule has 0 aliphatic rings. The Morgan fingerprint density at radius 3 is 2.73 bits per heavy atom. The summed E-state index contributed by atoms with van der Waals surface area (Å²) in [4.78, 5) is 18.6. The fourth-order valence-corrected chi connectivity index (χ4v) is 2.59. The number of hydrazone groups is 1. The molecule has 1 amide bonds. The van der Waals surface area contributed by atoms with Crippen molar-refractivity contribution in [2.75, 3.05) is 10.7 Å². The summed E-state index contributed by atoms with van der Waals surface area (Å²) in [7, 11) is 0. The number of nitrogens with zero attached hydrogens (tertiary/aromatic N) is 4. The maximum atomic E-state index is 11.0. The number of anilines is 2. The number of carbonyl (C=O) groups is 1. The lowest BCUT2D eigenvalue weighted by molar-refractivity contribution is -0.114. The van der Waals surface area contributed by atoms with Crippen molar-refractivity contribution in [3.63, 3.8) is 0 Å². The molecular weight excluding hydrogens is 330 g/mol. The first kappa shape index (κ1) is 15.7. The van der Waals surface area contributed by atoms with E-state index in [1.807, 2.05) is 36.4 Å². The number of benzene rings is 2. The van der Waals surface area contributed by atoms with Crippen LogP contribution in [0, 0.1) is 0 Å². The van der Waals surface area contributed by atoms with E-state index >= 15 is 0 Å². The normalized spacial score (nSPS) is 11.3. The molecule has 3 N–H and O–H groups in total.